The molecule has 0 N–H and O–H groups in total. The number of ketones is 2. The van der Waals surface area contributed by atoms with Gasteiger partial charge in [-0.2, -0.15) is 0 Å². The van der Waals surface area contributed by atoms with E-state index < -0.39 is 28.2 Å². The largest absolute Gasteiger partial charge is 0.454 e. The van der Waals surface area contributed by atoms with Gasteiger partial charge in [0, 0.05) is 35.2 Å². The highest BCUT2D eigenvalue weighted by molar-refractivity contribution is 7.91. The molecule has 182 valence electrons. The average molecular weight is 496 g/mol. The van der Waals surface area contributed by atoms with Gasteiger partial charge in [-0.15, -0.1) is 0 Å². The number of carbonyl (C=O) groups excluding carboxylic acids is 3. The minimum Gasteiger partial charge on any atom is -0.454 e. The number of aryl methyl sites for hydroxylation is 1. The minimum absolute atomic E-state index is 0.00561. The summed E-state index contributed by atoms with van der Waals surface area (Å²) in [6.45, 7) is 5.65. The van der Waals surface area contributed by atoms with E-state index >= 15 is 0 Å². The predicted octanol–water partition coefficient (Wildman–Crippen LogP) is 3.73. The first-order chi connectivity index (χ1) is 16.6. The first-order valence-electron chi connectivity index (χ1n) is 11.0. The smallest absolute Gasteiger partial charge is 0.338 e. The van der Waals surface area contributed by atoms with Gasteiger partial charge in [0.15, 0.2) is 12.4 Å². The molecule has 2 heterocycles. The zero-order chi connectivity index (χ0) is 25.5. The molecule has 0 saturated heterocycles. The summed E-state index contributed by atoms with van der Waals surface area (Å²) in [6.07, 6.45) is 0. The Morgan fingerprint density at radius 2 is 1.69 bits per heavy atom. The fraction of sp³-hybridized carbons (Fsp3) is 0.269. The molecule has 8 nitrogen and oxygen atoms in total. The molecule has 0 fully saturated rings. The molecule has 4 rings (SSSR count). The number of benzene rings is 2. The first kappa shape index (κ1) is 24.6. The van der Waals surface area contributed by atoms with Gasteiger partial charge in [0.2, 0.25) is 15.6 Å². The van der Waals surface area contributed by atoms with Crippen molar-refractivity contribution < 1.29 is 32.3 Å². The molecule has 1 atom stereocenters. The van der Waals surface area contributed by atoms with Crippen molar-refractivity contribution >= 4 is 27.4 Å². The second kappa shape index (κ2) is 9.24. The van der Waals surface area contributed by atoms with E-state index in [-0.39, 0.29) is 38.3 Å². The number of aromatic nitrogens is 1. The molecule has 2 aromatic carbocycles. The van der Waals surface area contributed by atoms with Crippen LogP contribution in [-0.2, 0) is 19.3 Å². The lowest BCUT2D eigenvalue weighted by Gasteiger charge is -2.19. The van der Waals surface area contributed by atoms with Crippen molar-refractivity contribution in [2.75, 3.05) is 20.3 Å². The molecule has 1 aliphatic rings. The van der Waals surface area contributed by atoms with Gasteiger partial charge in [0.25, 0.3) is 0 Å². The lowest BCUT2D eigenvalue weighted by atomic mass is 10.0. The van der Waals surface area contributed by atoms with Gasteiger partial charge in [-0.05, 0) is 57.2 Å². The number of carbonyl (C=O) groups is 3. The van der Waals surface area contributed by atoms with Crippen LogP contribution in [0.3, 0.4) is 0 Å². The van der Waals surface area contributed by atoms with Gasteiger partial charge < -0.3 is 14.0 Å². The van der Waals surface area contributed by atoms with Gasteiger partial charge in [-0.1, -0.05) is 12.1 Å². The molecule has 9 heteroatoms. The molecule has 0 amide bonds. The van der Waals surface area contributed by atoms with Crippen LogP contribution in [0.2, 0.25) is 0 Å². The van der Waals surface area contributed by atoms with E-state index in [2.05, 4.69) is 0 Å². The SMILES string of the molecule is COCC(C)n1c(C)cc(C(=O)COC(=O)c2ccc3c(c2)S(=O)(=O)c2ccccc2C3=O)c1C. The van der Waals surface area contributed by atoms with Crippen LogP contribution in [-0.4, -0.2) is 50.8 Å². The van der Waals surface area contributed by atoms with E-state index in [1.807, 2.05) is 25.3 Å². The standard InChI is InChI=1S/C26H25NO7S/c1-15-11-21(17(3)27(15)16(2)13-33-4)22(28)14-34-26(30)18-9-10-20-24(12-18)35(31,32)23-8-6-5-7-19(23)25(20)29/h5-12,16H,13-14H2,1-4H3. The van der Waals surface area contributed by atoms with Crippen LogP contribution < -0.4 is 0 Å². The summed E-state index contributed by atoms with van der Waals surface area (Å²) in [5.74, 6) is -1.67. The van der Waals surface area contributed by atoms with E-state index in [1.54, 1.807) is 19.2 Å². The zero-order valence-electron chi connectivity index (χ0n) is 19.8. The highest BCUT2D eigenvalue weighted by atomic mass is 32.2. The van der Waals surface area contributed by atoms with Crippen molar-refractivity contribution in [2.24, 2.45) is 0 Å². The lowest BCUT2D eigenvalue weighted by Crippen LogP contribution is -2.21. The van der Waals surface area contributed by atoms with E-state index in [0.29, 0.717) is 12.2 Å². The Morgan fingerprint density at radius 3 is 2.40 bits per heavy atom. The predicted molar refractivity (Wildman–Crippen MR) is 127 cm³/mol. The summed E-state index contributed by atoms with van der Waals surface area (Å²) in [6, 6.07) is 11.5. The van der Waals surface area contributed by atoms with Crippen LogP contribution in [0.5, 0.6) is 0 Å². The number of fused-ring (bicyclic) bond motifs is 2. The topological polar surface area (TPSA) is 109 Å². The van der Waals surface area contributed by atoms with Gasteiger partial charge in [-0.25, -0.2) is 13.2 Å². The number of nitrogens with zero attached hydrogens (tertiary/aromatic N) is 1. The van der Waals surface area contributed by atoms with Crippen molar-refractivity contribution in [3.8, 4) is 0 Å². The van der Waals surface area contributed by atoms with Crippen LogP contribution in [0.1, 0.15) is 61.0 Å². The number of sulfone groups is 1. The molecule has 3 aromatic rings. The van der Waals surface area contributed by atoms with Crippen molar-refractivity contribution in [3.63, 3.8) is 0 Å². The molecule has 35 heavy (non-hydrogen) atoms. The first-order valence-corrected chi connectivity index (χ1v) is 12.5. The van der Waals surface area contributed by atoms with Crippen LogP contribution in [0.4, 0.5) is 0 Å². The summed E-state index contributed by atoms with van der Waals surface area (Å²) in [7, 11) is -2.39. The molecule has 0 bridgehead atoms. The summed E-state index contributed by atoms with van der Waals surface area (Å²) < 4.78 is 38.5. The number of methoxy groups -OCH3 is 1. The van der Waals surface area contributed by atoms with Gasteiger partial charge >= 0.3 is 5.97 Å². The number of Topliss-reactive ketones (excluding diaryl/α,β-unsaturated/α-hetero) is 1. The minimum atomic E-state index is -3.99. The fourth-order valence-corrected chi connectivity index (χ4v) is 6.23. The number of hydrogen-bond donors (Lipinski definition) is 0. The van der Waals surface area contributed by atoms with Gasteiger partial charge in [-0.3, -0.25) is 9.59 Å². The van der Waals surface area contributed by atoms with Gasteiger partial charge in [0.1, 0.15) is 0 Å². The maximum atomic E-state index is 13.1. The van der Waals surface area contributed by atoms with E-state index in [1.165, 1.54) is 30.3 Å². The average Bonchev–Trinajstić information content (AvgIpc) is 3.14. The molecule has 0 spiro atoms. The Bertz CT molecular complexity index is 1470. The Labute approximate surface area is 203 Å². The quantitative estimate of drug-likeness (QED) is 0.284. The number of hydrogen-bond acceptors (Lipinski definition) is 7. The third-order valence-electron chi connectivity index (χ3n) is 6.14. The van der Waals surface area contributed by atoms with Crippen molar-refractivity contribution in [3.05, 3.63) is 82.2 Å². The summed E-state index contributed by atoms with van der Waals surface area (Å²) >= 11 is 0. The van der Waals surface area contributed by atoms with Crippen molar-refractivity contribution in [1.29, 1.82) is 0 Å². The second-order valence-electron chi connectivity index (χ2n) is 8.50. The number of rotatable bonds is 7. The molecule has 0 radical (unpaired) electrons. The van der Waals surface area contributed by atoms with E-state index in [4.69, 9.17) is 9.47 Å². The molecule has 1 unspecified atom stereocenters. The Balaban J connectivity index is 1.55. The van der Waals surface area contributed by atoms with Crippen LogP contribution in [0, 0.1) is 13.8 Å². The van der Waals surface area contributed by atoms with E-state index in [0.717, 1.165) is 17.5 Å². The van der Waals surface area contributed by atoms with E-state index in [9.17, 15) is 22.8 Å². The second-order valence-corrected chi connectivity index (χ2v) is 10.4. The Kier molecular flexibility index (Phi) is 6.48. The summed E-state index contributed by atoms with van der Waals surface area (Å²) in [4.78, 5) is 37.9. The third-order valence-corrected chi connectivity index (χ3v) is 7.99. The van der Waals surface area contributed by atoms with Crippen LogP contribution in [0.15, 0.2) is 58.3 Å². The third kappa shape index (κ3) is 4.21. The van der Waals surface area contributed by atoms with Crippen molar-refractivity contribution in [1.82, 2.24) is 4.57 Å². The molecular formula is C26H25NO7S. The summed E-state index contributed by atoms with van der Waals surface area (Å²) in [5, 5.41) is 0. The van der Waals surface area contributed by atoms with Crippen molar-refractivity contribution in [2.45, 2.75) is 36.6 Å². The van der Waals surface area contributed by atoms with Crippen LogP contribution in [0.25, 0.3) is 0 Å². The normalized spacial score (nSPS) is 14.7. The molecule has 0 aliphatic carbocycles. The lowest BCUT2D eigenvalue weighted by molar-refractivity contribution is 0.0474. The molecule has 1 aromatic heterocycles. The fourth-order valence-electron chi connectivity index (χ4n) is 4.56. The monoisotopic (exact) mass is 495 g/mol. The molecule has 0 saturated carbocycles. The summed E-state index contributed by atoms with van der Waals surface area (Å²) in [5.41, 5.74) is 2.09. The highest BCUT2D eigenvalue weighted by Crippen LogP contribution is 2.35. The Hall–Kier alpha value is -3.56. The number of esters is 1. The maximum Gasteiger partial charge on any atom is 0.338 e. The number of ether oxygens (including phenoxy) is 2. The van der Waals surface area contributed by atoms with Gasteiger partial charge in [0.05, 0.1) is 28.0 Å². The molecular weight excluding hydrogens is 470 g/mol. The molecule has 1 aliphatic heterocycles. The zero-order valence-corrected chi connectivity index (χ0v) is 20.6. The highest BCUT2D eigenvalue weighted by Gasteiger charge is 2.35. The van der Waals surface area contributed by atoms with Crippen LogP contribution >= 0.6 is 0 Å². The maximum absolute atomic E-state index is 13.1. The Morgan fingerprint density at radius 1 is 1.00 bits per heavy atom.